The number of amides is 2. The van der Waals surface area contributed by atoms with Crippen molar-refractivity contribution in [3.8, 4) is 11.5 Å². The minimum absolute atomic E-state index is 0.00889. The standard InChI is InChI=1S/C27H25ClN2O6/c1-16(31)20-13-23-24(36-15-35-23)14-21(20)30(27(33)22-7-4-12-34-22)25(17-8-10-18(28)11-9-17)26(32)29-19-5-2-3-6-19/h4,7-14,19,25H,2-3,5-6,15H2,1H3,(H,29,32)/t25-/m0/s1. The summed E-state index contributed by atoms with van der Waals surface area (Å²) in [5.74, 6) is -0.452. The van der Waals surface area contributed by atoms with Crippen molar-refractivity contribution in [2.24, 2.45) is 0 Å². The number of Topliss-reactive ketones (excluding diaryl/α,β-unsaturated/α-hetero) is 1. The second-order valence-electron chi connectivity index (χ2n) is 8.88. The Morgan fingerprint density at radius 2 is 1.72 bits per heavy atom. The van der Waals surface area contributed by atoms with Gasteiger partial charge in [-0.2, -0.15) is 0 Å². The van der Waals surface area contributed by atoms with Crippen molar-refractivity contribution in [2.45, 2.75) is 44.7 Å². The lowest BCUT2D eigenvalue weighted by Gasteiger charge is -2.33. The summed E-state index contributed by atoms with van der Waals surface area (Å²) in [7, 11) is 0. The average Bonchev–Trinajstić information content (AvgIpc) is 3.65. The second kappa shape index (κ2) is 10.1. The van der Waals surface area contributed by atoms with E-state index in [0.717, 1.165) is 25.7 Å². The molecule has 2 aromatic carbocycles. The molecule has 186 valence electrons. The molecule has 36 heavy (non-hydrogen) atoms. The maximum Gasteiger partial charge on any atom is 0.294 e. The molecule has 0 saturated heterocycles. The summed E-state index contributed by atoms with van der Waals surface area (Å²) in [5.41, 5.74) is 0.962. The van der Waals surface area contributed by atoms with Crippen LogP contribution < -0.4 is 19.7 Å². The molecule has 0 unspecified atom stereocenters. The summed E-state index contributed by atoms with van der Waals surface area (Å²) < 4.78 is 16.4. The molecule has 1 aromatic heterocycles. The van der Waals surface area contributed by atoms with E-state index in [9.17, 15) is 14.4 Å². The van der Waals surface area contributed by atoms with E-state index in [1.54, 1.807) is 36.4 Å². The molecule has 1 saturated carbocycles. The summed E-state index contributed by atoms with van der Waals surface area (Å²) in [6.45, 7) is 1.39. The molecule has 2 heterocycles. The summed E-state index contributed by atoms with van der Waals surface area (Å²) in [6, 6.07) is 11.8. The van der Waals surface area contributed by atoms with Gasteiger partial charge in [-0.15, -0.1) is 0 Å². The van der Waals surface area contributed by atoms with Crippen LogP contribution in [0.25, 0.3) is 0 Å². The van der Waals surface area contributed by atoms with Crippen LogP contribution >= 0.6 is 11.6 Å². The van der Waals surface area contributed by atoms with Crippen molar-refractivity contribution in [1.82, 2.24) is 5.32 Å². The lowest BCUT2D eigenvalue weighted by Crippen LogP contribution is -2.46. The maximum absolute atomic E-state index is 13.9. The van der Waals surface area contributed by atoms with Crippen molar-refractivity contribution in [3.05, 3.63) is 76.7 Å². The quantitative estimate of drug-likeness (QED) is 0.434. The van der Waals surface area contributed by atoms with Crippen LogP contribution in [0.3, 0.4) is 0 Å². The summed E-state index contributed by atoms with van der Waals surface area (Å²) in [6.07, 6.45) is 5.18. The van der Waals surface area contributed by atoms with Gasteiger partial charge < -0.3 is 19.2 Å². The molecule has 2 amide bonds. The third-order valence-corrected chi connectivity index (χ3v) is 6.73. The smallest absolute Gasteiger partial charge is 0.294 e. The Kier molecular flexibility index (Phi) is 6.69. The van der Waals surface area contributed by atoms with Crippen molar-refractivity contribution in [1.29, 1.82) is 0 Å². The Morgan fingerprint density at radius 3 is 2.36 bits per heavy atom. The zero-order valence-corrected chi connectivity index (χ0v) is 20.4. The van der Waals surface area contributed by atoms with Crippen molar-refractivity contribution >= 4 is 34.9 Å². The Bertz CT molecular complexity index is 1280. The van der Waals surface area contributed by atoms with E-state index in [4.69, 9.17) is 25.5 Å². The number of anilines is 1. The number of ether oxygens (including phenoxy) is 2. The number of furan rings is 1. The molecule has 8 nitrogen and oxygen atoms in total. The van der Waals surface area contributed by atoms with E-state index in [-0.39, 0.29) is 41.5 Å². The summed E-state index contributed by atoms with van der Waals surface area (Å²) in [4.78, 5) is 41.9. The first kappa shape index (κ1) is 23.9. The summed E-state index contributed by atoms with van der Waals surface area (Å²) >= 11 is 6.13. The number of hydrogen-bond acceptors (Lipinski definition) is 6. The van der Waals surface area contributed by atoms with Gasteiger partial charge in [-0.05, 0) is 55.7 Å². The topological polar surface area (TPSA) is 98.1 Å². The minimum atomic E-state index is -1.11. The second-order valence-corrected chi connectivity index (χ2v) is 9.31. The Labute approximate surface area is 213 Å². The molecule has 9 heteroatoms. The number of rotatable bonds is 7. The molecule has 3 aromatic rings. The molecular formula is C27H25ClN2O6. The maximum atomic E-state index is 13.9. The van der Waals surface area contributed by atoms with Crippen LogP contribution in [-0.4, -0.2) is 30.4 Å². The van der Waals surface area contributed by atoms with Crippen molar-refractivity contribution < 1.29 is 28.3 Å². The first-order valence-electron chi connectivity index (χ1n) is 11.8. The van der Waals surface area contributed by atoms with Crippen LogP contribution in [0.1, 0.15) is 65.1 Å². The van der Waals surface area contributed by atoms with Crippen molar-refractivity contribution in [2.75, 3.05) is 11.7 Å². The molecule has 1 aliphatic carbocycles. The van der Waals surface area contributed by atoms with E-state index >= 15 is 0 Å². The molecule has 0 spiro atoms. The first-order valence-corrected chi connectivity index (χ1v) is 12.2. The van der Waals surface area contributed by atoms with Gasteiger partial charge in [0.25, 0.3) is 5.91 Å². The zero-order valence-electron chi connectivity index (χ0n) is 19.7. The average molecular weight is 509 g/mol. The molecule has 0 bridgehead atoms. The third kappa shape index (κ3) is 4.68. The number of benzene rings is 2. The zero-order chi connectivity index (χ0) is 25.2. The third-order valence-electron chi connectivity index (χ3n) is 6.47. The highest BCUT2D eigenvalue weighted by molar-refractivity contribution is 6.30. The molecule has 1 N–H and O–H groups in total. The highest BCUT2D eigenvalue weighted by Gasteiger charge is 2.38. The van der Waals surface area contributed by atoms with E-state index < -0.39 is 11.9 Å². The van der Waals surface area contributed by atoms with Gasteiger partial charge in [0.05, 0.1) is 12.0 Å². The van der Waals surface area contributed by atoms with Crippen LogP contribution in [0.15, 0.2) is 59.2 Å². The Morgan fingerprint density at radius 1 is 1.03 bits per heavy atom. The molecule has 2 aliphatic rings. The number of carbonyl (C=O) groups is 3. The van der Waals surface area contributed by atoms with E-state index in [0.29, 0.717) is 22.1 Å². The van der Waals surface area contributed by atoms with Gasteiger partial charge in [-0.1, -0.05) is 36.6 Å². The minimum Gasteiger partial charge on any atom is -0.459 e. The molecule has 5 rings (SSSR count). The lowest BCUT2D eigenvalue weighted by atomic mass is 9.99. The van der Waals surface area contributed by atoms with Crippen LogP contribution in [0.2, 0.25) is 5.02 Å². The van der Waals surface area contributed by atoms with E-state index in [1.807, 2.05) is 0 Å². The largest absolute Gasteiger partial charge is 0.459 e. The van der Waals surface area contributed by atoms with Gasteiger partial charge in [0.1, 0.15) is 6.04 Å². The molecule has 1 atom stereocenters. The number of hydrogen-bond donors (Lipinski definition) is 1. The number of carbonyl (C=O) groups excluding carboxylic acids is 3. The fourth-order valence-electron chi connectivity index (χ4n) is 4.71. The predicted octanol–water partition coefficient (Wildman–Crippen LogP) is 5.31. The summed E-state index contributed by atoms with van der Waals surface area (Å²) in [5, 5.41) is 3.60. The van der Waals surface area contributed by atoms with Gasteiger partial charge in [0.15, 0.2) is 23.0 Å². The highest BCUT2D eigenvalue weighted by Crippen LogP contribution is 2.42. The normalized spacial score (nSPS) is 15.5. The molecule has 1 aliphatic heterocycles. The molecule has 0 radical (unpaired) electrons. The monoisotopic (exact) mass is 508 g/mol. The van der Waals surface area contributed by atoms with Crippen LogP contribution in [0.5, 0.6) is 11.5 Å². The Balaban J connectivity index is 1.69. The number of ketones is 1. The predicted molar refractivity (Wildman–Crippen MR) is 133 cm³/mol. The molecule has 1 fully saturated rings. The van der Waals surface area contributed by atoms with Gasteiger partial charge in [-0.3, -0.25) is 19.3 Å². The number of nitrogens with zero attached hydrogens (tertiary/aromatic N) is 1. The lowest BCUT2D eigenvalue weighted by molar-refractivity contribution is -0.123. The van der Waals surface area contributed by atoms with Crippen molar-refractivity contribution in [3.63, 3.8) is 0 Å². The SMILES string of the molecule is CC(=O)c1cc2c(cc1N(C(=O)c1ccco1)[C@H](C(=O)NC1CCCC1)c1ccc(Cl)cc1)OCO2. The highest BCUT2D eigenvalue weighted by atomic mass is 35.5. The van der Waals surface area contributed by atoms with Gasteiger partial charge >= 0.3 is 0 Å². The van der Waals surface area contributed by atoms with E-state index in [2.05, 4.69) is 5.32 Å². The first-order chi connectivity index (χ1) is 17.4. The van der Waals surface area contributed by atoms with Gasteiger partial charge in [-0.25, -0.2) is 0 Å². The van der Waals surface area contributed by atoms with Crippen LogP contribution in [0, 0.1) is 0 Å². The van der Waals surface area contributed by atoms with Gasteiger partial charge in [0, 0.05) is 22.7 Å². The molecular weight excluding hydrogens is 484 g/mol. The van der Waals surface area contributed by atoms with Crippen LogP contribution in [-0.2, 0) is 4.79 Å². The fraction of sp³-hybridized carbons (Fsp3) is 0.296. The number of fused-ring (bicyclic) bond motifs is 1. The Hall–Kier alpha value is -3.78. The number of nitrogens with one attached hydrogen (secondary N) is 1. The van der Waals surface area contributed by atoms with Gasteiger partial charge in [0.2, 0.25) is 12.7 Å². The number of halogens is 1. The van der Waals surface area contributed by atoms with Crippen LogP contribution in [0.4, 0.5) is 5.69 Å². The van der Waals surface area contributed by atoms with E-state index in [1.165, 1.54) is 30.2 Å². The fourth-order valence-corrected chi connectivity index (χ4v) is 4.84.